The first-order valence-corrected chi connectivity index (χ1v) is 7.75. The third kappa shape index (κ3) is 3.23. The normalized spacial score (nSPS) is 12.6. The van der Waals surface area contributed by atoms with Gasteiger partial charge in [-0.1, -0.05) is 29.8 Å². The van der Waals surface area contributed by atoms with Gasteiger partial charge in [0, 0.05) is 22.1 Å². The quantitative estimate of drug-likeness (QED) is 0.919. The third-order valence-electron chi connectivity index (χ3n) is 2.75. The van der Waals surface area contributed by atoms with E-state index in [2.05, 4.69) is 5.10 Å². The van der Waals surface area contributed by atoms with Crippen LogP contribution in [0.25, 0.3) is 5.69 Å². The van der Waals surface area contributed by atoms with Crippen LogP contribution in [0.5, 0.6) is 0 Å². The molecule has 0 aliphatic carbocycles. The summed E-state index contributed by atoms with van der Waals surface area (Å²) >= 11 is 6.31. The lowest BCUT2D eigenvalue weighted by Gasteiger charge is -2.03. The molecule has 1 aromatic carbocycles. The highest BCUT2D eigenvalue weighted by molar-refractivity contribution is 7.84. The van der Waals surface area contributed by atoms with E-state index in [1.165, 1.54) is 0 Å². The molecule has 6 heteroatoms. The molecule has 2 aromatic rings. The Morgan fingerprint density at radius 3 is 2.68 bits per heavy atom. The molecule has 0 unspecified atom stereocenters. The predicted molar refractivity (Wildman–Crippen MR) is 77.1 cm³/mol. The highest BCUT2D eigenvalue weighted by Gasteiger charge is 2.16. The Bertz CT molecular complexity index is 584. The molecule has 4 nitrogen and oxygen atoms in total. The van der Waals surface area contributed by atoms with Gasteiger partial charge in [-0.25, -0.2) is 4.68 Å². The fourth-order valence-corrected chi connectivity index (χ4v) is 3.20. The number of nitrogens with zero attached hydrogens (tertiary/aromatic N) is 2. The first kappa shape index (κ1) is 14.2. The number of aliphatic hydroxyl groups is 1. The van der Waals surface area contributed by atoms with E-state index in [1.807, 2.05) is 37.3 Å². The second kappa shape index (κ2) is 6.32. The maximum Gasteiger partial charge on any atom is 0.137 e. The molecule has 0 aliphatic heterocycles. The van der Waals surface area contributed by atoms with Crippen molar-refractivity contribution in [2.24, 2.45) is 0 Å². The van der Waals surface area contributed by atoms with Crippen LogP contribution in [0.15, 0.2) is 30.3 Å². The molecule has 0 radical (unpaired) electrons. The average Bonchev–Trinajstić information content (AvgIpc) is 2.68. The van der Waals surface area contributed by atoms with Crippen LogP contribution in [0, 0.1) is 6.92 Å². The topological polar surface area (TPSA) is 55.1 Å². The Morgan fingerprint density at radius 1 is 1.37 bits per heavy atom. The fourth-order valence-electron chi connectivity index (χ4n) is 1.77. The maximum atomic E-state index is 11.7. The van der Waals surface area contributed by atoms with Crippen molar-refractivity contribution in [3.05, 3.63) is 46.7 Å². The van der Waals surface area contributed by atoms with Crippen LogP contribution in [0.2, 0.25) is 5.15 Å². The highest BCUT2D eigenvalue weighted by atomic mass is 35.5. The van der Waals surface area contributed by atoms with Gasteiger partial charge in [-0.2, -0.15) is 5.10 Å². The molecular weight excluding hydrogens is 284 g/mol. The molecule has 1 N–H and O–H groups in total. The molecule has 0 amide bonds. The molecule has 0 fully saturated rings. The van der Waals surface area contributed by atoms with E-state index in [0.717, 1.165) is 16.9 Å². The molecule has 2 rings (SSSR count). The molecule has 19 heavy (non-hydrogen) atoms. The van der Waals surface area contributed by atoms with Crippen LogP contribution in [-0.4, -0.2) is 31.5 Å². The highest BCUT2D eigenvalue weighted by Crippen LogP contribution is 2.24. The lowest BCUT2D eigenvalue weighted by molar-refractivity contribution is 0.321. The van der Waals surface area contributed by atoms with Crippen molar-refractivity contribution >= 4 is 22.4 Å². The zero-order chi connectivity index (χ0) is 13.8. The number of aromatic nitrogens is 2. The average molecular weight is 299 g/mol. The van der Waals surface area contributed by atoms with Gasteiger partial charge < -0.3 is 5.11 Å². The van der Waals surface area contributed by atoms with Gasteiger partial charge in [-0.3, -0.25) is 4.21 Å². The molecule has 1 aromatic heterocycles. The van der Waals surface area contributed by atoms with E-state index in [1.54, 1.807) is 4.68 Å². The smallest absolute Gasteiger partial charge is 0.137 e. The minimum Gasteiger partial charge on any atom is -0.395 e. The molecule has 1 atom stereocenters. The molecule has 1 heterocycles. The Hall–Kier alpha value is -1.17. The van der Waals surface area contributed by atoms with Gasteiger partial charge >= 0.3 is 0 Å². The zero-order valence-electron chi connectivity index (χ0n) is 10.5. The van der Waals surface area contributed by atoms with Gasteiger partial charge in [0.05, 0.1) is 23.7 Å². The summed E-state index contributed by atoms with van der Waals surface area (Å²) in [4.78, 5) is 0. The van der Waals surface area contributed by atoms with Crippen LogP contribution in [0.4, 0.5) is 0 Å². The number of aryl methyl sites for hydroxylation is 1. The number of rotatable bonds is 5. The molecule has 0 bridgehead atoms. The Labute approximate surface area is 119 Å². The van der Waals surface area contributed by atoms with E-state index in [-0.39, 0.29) is 12.4 Å². The number of para-hydroxylation sites is 1. The summed E-state index contributed by atoms with van der Waals surface area (Å²) in [5.74, 6) is 0.574. The first-order chi connectivity index (χ1) is 9.13. The van der Waals surface area contributed by atoms with Gasteiger partial charge in [-0.05, 0) is 19.1 Å². The van der Waals surface area contributed by atoms with Gasteiger partial charge in [0.2, 0.25) is 0 Å². The van der Waals surface area contributed by atoms with Crippen LogP contribution < -0.4 is 0 Å². The van der Waals surface area contributed by atoms with Crippen molar-refractivity contribution in [1.29, 1.82) is 0 Å². The molecular formula is C13H15ClN2O2S. The minimum atomic E-state index is -1.12. The molecule has 102 valence electrons. The summed E-state index contributed by atoms with van der Waals surface area (Å²) in [6, 6.07) is 9.56. The number of hydrogen-bond acceptors (Lipinski definition) is 3. The number of aliphatic hydroxyl groups excluding tert-OH is 1. The van der Waals surface area contributed by atoms with Crippen molar-refractivity contribution < 1.29 is 9.32 Å². The SMILES string of the molecule is Cc1nn(-c2ccccc2)c(Cl)c1C[S@@](=O)CCO. The Morgan fingerprint density at radius 2 is 2.05 bits per heavy atom. The summed E-state index contributed by atoms with van der Waals surface area (Å²) in [7, 11) is -1.12. The number of benzene rings is 1. The third-order valence-corrected chi connectivity index (χ3v) is 4.38. The summed E-state index contributed by atoms with van der Waals surface area (Å²) in [5.41, 5.74) is 2.41. The first-order valence-electron chi connectivity index (χ1n) is 5.88. The van der Waals surface area contributed by atoms with Crippen molar-refractivity contribution in [1.82, 2.24) is 9.78 Å². The fraction of sp³-hybridized carbons (Fsp3) is 0.308. The van der Waals surface area contributed by atoms with Gasteiger partial charge in [0.1, 0.15) is 5.15 Å². The van der Waals surface area contributed by atoms with Crippen molar-refractivity contribution in [3.63, 3.8) is 0 Å². The van der Waals surface area contributed by atoms with Gasteiger partial charge in [0.15, 0.2) is 0 Å². The summed E-state index contributed by atoms with van der Waals surface area (Å²) in [5, 5.41) is 13.7. The Balaban J connectivity index is 2.33. The van der Waals surface area contributed by atoms with E-state index in [0.29, 0.717) is 10.9 Å². The minimum absolute atomic E-state index is 0.0872. The van der Waals surface area contributed by atoms with Crippen molar-refractivity contribution in [2.45, 2.75) is 12.7 Å². The number of hydrogen-bond donors (Lipinski definition) is 1. The molecule has 0 saturated heterocycles. The molecule has 0 spiro atoms. The van der Waals surface area contributed by atoms with Crippen LogP contribution in [0.1, 0.15) is 11.3 Å². The van der Waals surface area contributed by atoms with Crippen molar-refractivity contribution in [2.75, 3.05) is 12.4 Å². The van der Waals surface area contributed by atoms with E-state index >= 15 is 0 Å². The zero-order valence-corrected chi connectivity index (χ0v) is 12.1. The van der Waals surface area contributed by atoms with Gasteiger partial charge in [-0.15, -0.1) is 0 Å². The predicted octanol–water partition coefficient (Wildman–Crippen LogP) is 2.08. The lowest BCUT2D eigenvalue weighted by Crippen LogP contribution is -2.05. The van der Waals surface area contributed by atoms with Crippen LogP contribution >= 0.6 is 11.6 Å². The van der Waals surface area contributed by atoms with E-state index in [4.69, 9.17) is 16.7 Å². The lowest BCUT2D eigenvalue weighted by atomic mass is 10.3. The summed E-state index contributed by atoms with van der Waals surface area (Å²) < 4.78 is 13.4. The van der Waals surface area contributed by atoms with Gasteiger partial charge in [0.25, 0.3) is 0 Å². The maximum absolute atomic E-state index is 11.7. The van der Waals surface area contributed by atoms with Crippen molar-refractivity contribution in [3.8, 4) is 5.69 Å². The summed E-state index contributed by atoms with van der Waals surface area (Å²) in [6.07, 6.45) is 0. The Kier molecular flexibility index (Phi) is 4.74. The molecule has 0 aliphatic rings. The van der Waals surface area contributed by atoms with E-state index < -0.39 is 10.8 Å². The van der Waals surface area contributed by atoms with Crippen LogP contribution in [0.3, 0.4) is 0 Å². The molecule has 0 saturated carbocycles. The second-order valence-corrected chi connectivity index (χ2v) is 6.05. The largest absolute Gasteiger partial charge is 0.395 e. The second-order valence-electron chi connectivity index (χ2n) is 4.11. The van der Waals surface area contributed by atoms with Crippen LogP contribution in [-0.2, 0) is 16.6 Å². The number of halogens is 1. The standard InChI is InChI=1S/C13H15ClN2O2S/c1-10-12(9-19(18)8-7-17)13(14)16(15-10)11-5-3-2-4-6-11/h2-6,17H,7-9H2,1H3/t19-/m0/s1. The summed E-state index contributed by atoms with van der Waals surface area (Å²) in [6.45, 7) is 1.76. The van der Waals surface area contributed by atoms with E-state index in [9.17, 15) is 4.21 Å². The monoisotopic (exact) mass is 298 g/mol.